The first kappa shape index (κ1) is 14.0. The van der Waals surface area contributed by atoms with Crippen molar-refractivity contribution in [2.24, 2.45) is 5.14 Å². The first-order valence-electron chi connectivity index (χ1n) is 5.52. The molecule has 0 aliphatic rings. The van der Waals surface area contributed by atoms with E-state index in [1.54, 1.807) is 12.1 Å². The van der Waals surface area contributed by atoms with E-state index in [9.17, 15) is 13.2 Å². The zero-order valence-corrected chi connectivity index (χ0v) is 11.1. The summed E-state index contributed by atoms with van der Waals surface area (Å²) < 4.78 is 22.2. The molecule has 1 aromatic heterocycles. The normalized spacial score (nSPS) is 11.1. The van der Waals surface area contributed by atoms with E-state index in [0.717, 1.165) is 0 Å². The van der Waals surface area contributed by atoms with Gasteiger partial charge in [0.15, 0.2) is 5.69 Å². The SMILES string of the molecule is Nc1cccnc1C(=O)Nc1ccc(S(N)(=O)=O)cc1. The number of nitrogens with two attached hydrogens (primary N) is 2. The highest BCUT2D eigenvalue weighted by atomic mass is 32.2. The summed E-state index contributed by atoms with van der Waals surface area (Å²) in [4.78, 5) is 15.8. The molecular weight excluding hydrogens is 280 g/mol. The van der Waals surface area contributed by atoms with Gasteiger partial charge in [-0.3, -0.25) is 4.79 Å². The minimum atomic E-state index is -3.75. The number of amides is 1. The van der Waals surface area contributed by atoms with E-state index >= 15 is 0 Å². The average molecular weight is 292 g/mol. The topological polar surface area (TPSA) is 128 Å². The van der Waals surface area contributed by atoms with Crippen LogP contribution in [0.3, 0.4) is 0 Å². The van der Waals surface area contributed by atoms with Gasteiger partial charge >= 0.3 is 0 Å². The maximum atomic E-state index is 11.9. The number of aromatic nitrogens is 1. The van der Waals surface area contributed by atoms with E-state index in [4.69, 9.17) is 10.9 Å². The lowest BCUT2D eigenvalue weighted by atomic mass is 10.2. The second-order valence-corrected chi connectivity index (χ2v) is 5.53. The summed E-state index contributed by atoms with van der Waals surface area (Å²) in [5, 5.41) is 7.54. The van der Waals surface area contributed by atoms with Crippen molar-refractivity contribution in [1.29, 1.82) is 0 Å². The summed E-state index contributed by atoms with van der Waals surface area (Å²) in [5.41, 5.74) is 6.40. The first-order valence-corrected chi connectivity index (χ1v) is 7.07. The summed E-state index contributed by atoms with van der Waals surface area (Å²) in [7, 11) is -3.75. The minimum Gasteiger partial charge on any atom is -0.397 e. The number of carbonyl (C=O) groups is 1. The molecule has 8 heteroatoms. The van der Waals surface area contributed by atoms with Gasteiger partial charge in [0.1, 0.15) is 0 Å². The Bertz CT molecular complexity index is 742. The van der Waals surface area contributed by atoms with Crippen molar-refractivity contribution in [3.63, 3.8) is 0 Å². The van der Waals surface area contributed by atoms with Crippen LogP contribution in [0.1, 0.15) is 10.5 Å². The van der Waals surface area contributed by atoms with Crippen LogP contribution >= 0.6 is 0 Å². The van der Waals surface area contributed by atoms with E-state index < -0.39 is 15.9 Å². The molecule has 0 saturated carbocycles. The lowest BCUT2D eigenvalue weighted by Gasteiger charge is -2.07. The van der Waals surface area contributed by atoms with Crippen molar-refractivity contribution in [2.75, 3.05) is 11.1 Å². The summed E-state index contributed by atoms with van der Waals surface area (Å²) in [6.07, 6.45) is 1.45. The quantitative estimate of drug-likeness (QED) is 0.761. The van der Waals surface area contributed by atoms with Crippen molar-refractivity contribution in [3.8, 4) is 0 Å². The van der Waals surface area contributed by atoms with Gasteiger partial charge in [-0.15, -0.1) is 0 Å². The van der Waals surface area contributed by atoms with Gasteiger partial charge in [0, 0.05) is 11.9 Å². The highest BCUT2D eigenvalue weighted by Crippen LogP contribution is 2.15. The van der Waals surface area contributed by atoms with Gasteiger partial charge in [0.25, 0.3) is 5.91 Å². The van der Waals surface area contributed by atoms with Crippen molar-refractivity contribution in [2.45, 2.75) is 4.90 Å². The molecule has 0 unspecified atom stereocenters. The van der Waals surface area contributed by atoms with Crippen LogP contribution in [0, 0.1) is 0 Å². The average Bonchev–Trinajstić information content (AvgIpc) is 2.38. The largest absolute Gasteiger partial charge is 0.397 e. The number of sulfonamides is 1. The van der Waals surface area contributed by atoms with Gasteiger partial charge in [-0.05, 0) is 36.4 Å². The fourth-order valence-electron chi connectivity index (χ4n) is 1.53. The monoisotopic (exact) mass is 292 g/mol. The molecular formula is C12H12N4O3S. The van der Waals surface area contributed by atoms with Crippen molar-refractivity contribution < 1.29 is 13.2 Å². The first-order chi connectivity index (χ1) is 9.38. The van der Waals surface area contributed by atoms with Crippen molar-refractivity contribution in [1.82, 2.24) is 4.98 Å². The molecule has 0 fully saturated rings. The van der Waals surface area contributed by atoms with Gasteiger partial charge in [-0.25, -0.2) is 18.5 Å². The number of anilines is 2. The Morgan fingerprint density at radius 3 is 2.35 bits per heavy atom. The zero-order valence-electron chi connectivity index (χ0n) is 10.3. The van der Waals surface area contributed by atoms with Gasteiger partial charge in [-0.1, -0.05) is 0 Å². The lowest BCUT2D eigenvalue weighted by Crippen LogP contribution is -2.16. The summed E-state index contributed by atoms with van der Waals surface area (Å²) >= 11 is 0. The molecule has 1 heterocycles. The number of benzene rings is 1. The van der Waals surface area contributed by atoms with E-state index in [1.807, 2.05) is 0 Å². The van der Waals surface area contributed by atoms with Crippen LogP contribution in [0.15, 0.2) is 47.5 Å². The Hall–Kier alpha value is -2.45. The molecule has 0 aliphatic heterocycles. The van der Waals surface area contributed by atoms with E-state index in [2.05, 4.69) is 10.3 Å². The number of hydrogen-bond acceptors (Lipinski definition) is 5. The predicted molar refractivity (Wildman–Crippen MR) is 74.4 cm³/mol. The number of hydrogen-bond donors (Lipinski definition) is 3. The number of nitrogens with zero attached hydrogens (tertiary/aromatic N) is 1. The third kappa shape index (κ3) is 3.11. The van der Waals surface area contributed by atoms with Crippen LogP contribution in [-0.4, -0.2) is 19.3 Å². The lowest BCUT2D eigenvalue weighted by molar-refractivity contribution is 0.102. The summed E-state index contributed by atoms with van der Waals surface area (Å²) in [6.45, 7) is 0. The smallest absolute Gasteiger partial charge is 0.276 e. The Morgan fingerprint density at radius 2 is 1.80 bits per heavy atom. The molecule has 7 nitrogen and oxygen atoms in total. The van der Waals surface area contributed by atoms with Crippen LogP contribution in [0.25, 0.3) is 0 Å². The van der Waals surface area contributed by atoms with Gasteiger partial charge in [0.2, 0.25) is 10.0 Å². The molecule has 0 radical (unpaired) electrons. The van der Waals surface area contributed by atoms with Crippen molar-refractivity contribution >= 4 is 27.3 Å². The Labute approximate surface area is 115 Å². The fraction of sp³-hybridized carbons (Fsp3) is 0. The van der Waals surface area contributed by atoms with Crippen LogP contribution in [0.5, 0.6) is 0 Å². The fourth-order valence-corrected chi connectivity index (χ4v) is 2.04. The third-order valence-corrected chi connectivity index (χ3v) is 3.42. The van der Waals surface area contributed by atoms with Crippen LogP contribution in [0.2, 0.25) is 0 Å². The Balaban J connectivity index is 2.19. The van der Waals surface area contributed by atoms with Gasteiger partial charge in [-0.2, -0.15) is 0 Å². The number of nitrogen functional groups attached to an aromatic ring is 1. The predicted octanol–water partition coefficient (Wildman–Crippen LogP) is 0.563. The molecule has 0 saturated heterocycles. The molecule has 1 amide bonds. The standard InChI is InChI=1S/C12H12N4O3S/c13-10-2-1-7-15-11(10)12(17)16-8-3-5-9(6-4-8)20(14,18)19/h1-7H,13H2,(H,16,17)(H2,14,18,19). The Kier molecular flexibility index (Phi) is 3.68. The molecule has 0 aliphatic carbocycles. The molecule has 0 bridgehead atoms. The van der Waals surface area contributed by atoms with E-state index in [1.165, 1.54) is 30.5 Å². The van der Waals surface area contributed by atoms with Crippen molar-refractivity contribution in [3.05, 3.63) is 48.3 Å². The second-order valence-electron chi connectivity index (χ2n) is 3.96. The van der Waals surface area contributed by atoms with E-state index in [0.29, 0.717) is 5.69 Å². The zero-order chi connectivity index (χ0) is 14.8. The number of pyridine rings is 1. The molecule has 104 valence electrons. The number of primary sulfonamides is 1. The number of rotatable bonds is 3. The van der Waals surface area contributed by atoms with Gasteiger partial charge in [0.05, 0.1) is 10.6 Å². The third-order valence-electron chi connectivity index (χ3n) is 2.49. The van der Waals surface area contributed by atoms with E-state index in [-0.39, 0.29) is 16.3 Å². The highest BCUT2D eigenvalue weighted by Gasteiger charge is 2.12. The second kappa shape index (κ2) is 5.27. The molecule has 5 N–H and O–H groups in total. The van der Waals surface area contributed by atoms with Crippen LogP contribution < -0.4 is 16.2 Å². The number of nitrogens with one attached hydrogen (secondary N) is 1. The highest BCUT2D eigenvalue weighted by molar-refractivity contribution is 7.89. The maximum absolute atomic E-state index is 11.9. The minimum absolute atomic E-state index is 0.0344. The Morgan fingerprint density at radius 1 is 1.15 bits per heavy atom. The molecule has 2 rings (SSSR count). The molecule has 1 aromatic carbocycles. The summed E-state index contributed by atoms with van der Waals surface area (Å²) in [6, 6.07) is 8.63. The summed E-state index contributed by atoms with van der Waals surface area (Å²) in [5.74, 6) is -0.480. The van der Waals surface area contributed by atoms with Crippen LogP contribution in [-0.2, 0) is 10.0 Å². The van der Waals surface area contributed by atoms with Crippen LogP contribution in [0.4, 0.5) is 11.4 Å². The maximum Gasteiger partial charge on any atom is 0.276 e. The number of carbonyl (C=O) groups excluding carboxylic acids is 1. The molecule has 2 aromatic rings. The molecule has 0 atom stereocenters. The molecule has 20 heavy (non-hydrogen) atoms. The van der Waals surface area contributed by atoms with Gasteiger partial charge < -0.3 is 11.1 Å². The molecule has 0 spiro atoms.